The Morgan fingerprint density at radius 1 is 1.62 bits per heavy atom. The Balaban J connectivity index is 2.12. The van der Waals surface area contributed by atoms with Gasteiger partial charge in [-0.2, -0.15) is 0 Å². The SMILES string of the molecule is CCc1nc(NC(=O)c2ccco2)sc1C. The van der Waals surface area contributed by atoms with Crippen molar-refractivity contribution in [2.45, 2.75) is 20.3 Å². The molecule has 0 saturated heterocycles. The highest BCUT2D eigenvalue weighted by molar-refractivity contribution is 7.15. The molecule has 2 rings (SSSR count). The highest BCUT2D eigenvalue weighted by atomic mass is 32.1. The number of nitrogens with one attached hydrogen (secondary N) is 1. The van der Waals surface area contributed by atoms with Crippen LogP contribution in [0.15, 0.2) is 22.8 Å². The van der Waals surface area contributed by atoms with Crippen molar-refractivity contribution in [3.8, 4) is 0 Å². The second-order valence-electron chi connectivity index (χ2n) is 3.31. The summed E-state index contributed by atoms with van der Waals surface area (Å²) >= 11 is 1.48. The molecule has 0 aliphatic carbocycles. The van der Waals surface area contributed by atoms with Gasteiger partial charge in [-0.1, -0.05) is 6.92 Å². The number of thiazole rings is 1. The van der Waals surface area contributed by atoms with Crippen molar-refractivity contribution in [1.29, 1.82) is 0 Å². The number of hydrogen-bond donors (Lipinski definition) is 1. The van der Waals surface area contributed by atoms with Crippen LogP contribution in [0.2, 0.25) is 0 Å². The van der Waals surface area contributed by atoms with E-state index in [-0.39, 0.29) is 5.91 Å². The van der Waals surface area contributed by atoms with E-state index in [1.54, 1.807) is 12.1 Å². The van der Waals surface area contributed by atoms with Gasteiger partial charge >= 0.3 is 0 Å². The number of rotatable bonds is 3. The summed E-state index contributed by atoms with van der Waals surface area (Å²) in [6.07, 6.45) is 2.35. The average Bonchev–Trinajstić information content (AvgIpc) is 2.87. The molecule has 0 bridgehead atoms. The van der Waals surface area contributed by atoms with Crippen molar-refractivity contribution < 1.29 is 9.21 Å². The van der Waals surface area contributed by atoms with Gasteiger partial charge in [-0.3, -0.25) is 10.1 Å². The minimum atomic E-state index is -0.263. The lowest BCUT2D eigenvalue weighted by atomic mass is 10.3. The number of carbonyl (C=O) groups excluding carboxylic acids is 1. The normalized spacial score (nSPS) is 10.4. The lowest BCUT2D eigenvalue weighted by molar-refractivity contribution is 0.0996. The number of amides is 1. The summed E-state index contributed by atoms with van der Waals surface area (Å²) in [7, 11) is 0. The number of carbonyl (C=O) groups is 1. The van der Waals surface area contributed by atoms with Crippen molar-refractivity contribution in [2.24, 2.45) is 0 Å². The van der Waals surface area contributed by atoms with Crippen LogP contribution in [0, 0.1) is 6.92 Å². The van der Waals surface area contributed by atoms with Crippen molar-refractivity contribution in [2.75, 3.05) is 5.32 Å². The fourth-order valence-electron chi connectivity index (χ4n) is 1.38. The summed E-state index contributed by atoms with van der Waals surface area (Å²) in [5.41, 5.74) is 1.03. The van der Waals surface area contributed by atoms with Gasteiger partial charge in [0.2, 0.25) is 0 Å². The first-order chi connectivity index (χ1) is 7.70. The fraction of sp³-hybridized carbons (Fsp3) is 0.273. The maximum atomic E-state index is 11.6. The van der Waals surface area contributed by atoms with Crippen LogP contribution in [0.1, 0.15) is 28.0 Å². The van der Waals surface area contributed by atoms with Gasteiger partial charge in [0.1, 0.15) is 0 Å². The molecular weight excluding hydrogens is 224 g/mol. The van der Waals surface area contributed by atoms with E-state index in [0.29, 0.717) is 10.9 Å². The zero-order valence-electron chi connectivity index (χ0n) is 9.11. The van der Waals surface area contributed by atoms with Crippen LogP contribution in [0.25, 0.3) is 0 Å². The Hall–Kier alpha value is -1.62. The minimum Gasteiger partial charge on any atom is -0.459 e. The second-order valence-corrected chi connectivity index (χ2v) is 4.51. The first-order valence-electron chi connectivity index (χ1n) is 5.02. The van der Waals surface area contributed by atoms with Crippen LogP contribution < -0.4 is 5.32 Å². The summed E-state index contributed by atoms with van der Waals surface area (Å²) in [4.78, 5) is 17.1. The number of anilines is 1. The van der Waals surface area contributed by atoms with Gasteiger partial charge in [0, 0.05) is 4.88 Å². The van der Waals surface area contributed by atoms with Crippen LogP contribution in [-0.2, 0) is 6.42 Å². The molecule has 2 aromatic heterocycles. The third-order valence-electron chi connectivity index (χ3n) is 2.19. The molecule has 0 fully saturated rings. The van der Waals surface area contributed by atoms with E-state index in [1.807, 2.05) is 13.8 Å². The van der Waals surface area contributed by atoms with Crippen LogP contribution in [0.4, 0.5) is 5.13 Å². The lowest BCUT2D eigenvalue weighted by Crippen LogP contribution is -2.10. The van der Waals surface area contributed by atoms with Gasteiger partial charge in [0.15, 0.2) is 10.9 Å². The molecule has 2 aromatic rings. The summed E-state index contributed by atoms with van der Waals surface area (Å²) in [5.74, 6) is 0.0345. The predicted octanol–water partition coefficient (Wildman–Crippen LogP) is 2.86. The monoisotopic (exact) mass is 236 g/mol. The van der Waals surface area contributed by atoms with E-state index in [0.717, 1.165) is 17.0 Å². The van der Waals surface area contributed by atoms with Gasteiger partial charge in [-0.05, 0) is 25.5 Å². The van der Waals surface area contributed by atoms with Gasteiger partial charge in [-0.25, -0.2) is 4.98 Å². The Kier molecular flexibility index (Phi) is 3.05. The first-order valence-corrected chi connectivity index (χ1v) is 5.83. The largest absolute Gasteiger partial charge is 0.459 e. The molecule has 0 aromatic carbocycles. The fourth-order valence-corrected chi connectivity index (χ4v) is 2.27. The zero-order chi connectivity index (χ0) is 11.5. The average molecular weight is 236 g/mol. The summed E-state index contributed by atoms with van der Waals surface area (Å²) in [5, 5.41) is 3.34. The quantitative estimate of drug-likeness (QED) is 0.891. The van der Waals surface area contributed by atoms with Gasteiger partial charge < -0.3 is 4.42 Å². The number of nitrogens with zero attached hydrogens (tertiary/aromatic N) is 1. The second kappa shape index (κ2) is 4.49. The first kappa shape index (κ1) is 10.9. The topological polar surface area (TPSA) is 55.1 Å². The van der Waals surface area contributed by atoms with E-state index >= 15 is 0 Å². The highest BCUT2D eigenvalue weighted by Crippen LogP contribution is 2.22. The van der Waals surface area contributed by atoms with Crippen LogP contribution in [0.5, 0.6) is 0 Å². The molecule has 0 saturated carbocycles. The van der Waals surface area contributed by atoms with Gasteiger partial charge in [0.05, 0.1) is 12.0 Å². The Morgan fingerprint density at radius 3 is 3.00 bits per heavy atom. The van der Waals surface area contributed by atoms with Crippen molar-refractivity contribution in [3.05, 3.63) is 34.7 Å². The summed E-state index contributed by atoms with van der Waals surface area (Å²) < 4.78 is 5.00. The Labute approximate surface area is 97.3 Å². The molecular formula is C11H12N2O2S. The number of hydrogen-bond acceptors (Lipinski definition) is 4. The van der Waals surface area contributed by atoms with Crippen LogP contribution >= 0.6 is 11.3 Å². The Bertz CT molecular complexity index is 488. The molecule has 1 amide bonds. The highest BCUT2D eigenvalue weighted by Gasteiger charge is 2.12. The molecule has 0 spiro atoms. The molecule has 1 N–H and O–H groups in total. The molecule has 0 radical (unpaired) electrons. The predicted molar refractivity (Wildman–Crippen MR) is 62.9 cm³/mol. The third kappa shape index (κ3) is 2.14. The maximum Gasteiger partial charge on any atom is 0.293 e. The number of aryl methyl sites for hydroxylation is 2. The molecule has 2 heterocycles. The molecule has 16 heavy (non-hydrogen) atoms. The van der Waals surface area contributed by atoms with Crippen molar-refractivity contribution >= 4 is 22.4 Å². The molecule has 0 aliphatic heterocycles. The zero-order valence-corrected chi connectivity index (χ0v) is 9.93. The minimum absolute atomic E-state index is 0.263. The van der Waals surface area contributed by atoms with E-state index in [4.69, 9.17) is 4.42 Å². The molecule has 0 aliphatic rings. The third-order valence-corrected chi connectivity index (χ3v) is 3.12. The summed E-state index contributed by atoms with van der Waals surface area (Å²) in [6.45, 7) is 4.04. The lowest BCUT2D eigenvalue weighted by Gasteiger charge is -1.96. The maximum absolute atomic E-state index is 11.6. The van der Waals surface area contributed by atoms with E-state index in [9.17, 15) is 4.79 Å². The van der Waals surface area contributed by atoms with E-state index in [1.165, 1.54) is 17.6 Å². The van der Waals surface area contributed by atoms with E-state index < -0.39 is 0 Å². The Morgan fingerprint density at radius 2 is 2.44 bits per heavy atom. The summed E-state index contributed by atoms with van der Waals surface area (Å²) in [6, 6.07) is 3.30. The molecule has 84 valence electrons. The number of aromatic nitrogens is 1. The molecule has 0 unspecified atom stereocenters. The standard InChI is InChI=1S/C11H12N2O2S/c1-3-8-7(2)16-11(12-8)13-10(14)9-5-4-6-15-9/h4-6H,3H2,1-2H3,(H,12,13,14). The number of furan rings is 1. The van der Waals surface area contributed by atoms with Gasteiger partial charge in [-0.15, -0.1) is 11.3 Å². The molecule has 5 heteroatoms. The van der Waals surface area contributed by atoms with E-state index in [2.05, 4.69) is 10.3 Å². The molecule has 0 atom stereocenters. The molecule has 4 nitrogen and oxygen atoms in total. The van der Waals surface area contributed by atoms with Crippen LogP contribution in [-0.4, -0.2) is 10.9 Å². The smallest absolute Gasteiger partial charge is 0.293 e. The van der Waals surface area contributed by atoms with Crippen molar-refractivity contribution in [1.82, 2.24) is 4.98 Å². The van der Waals surface area contributed by atoms with Crippen molar-refractivity contribution in [3.63, 3.8) is 0 Å². The van der Waals surface area contributed by atoms with Gasteiger partial charge in [0.25, 0.3) is 5.91 Å². The van der Waals surface area contributed by atoms with Crippen LogP contribution in [0.3, 0.4) is 0 Å².